The minimum atomic E-state index is -0.109. The number of allylic oxidation sites excluding steroid dienone is 7. The number of imidazole rings is 1. The van der Waals surface area contributed by atoms with Crippen LogP contribution in [-0.4, -0.2) is 47.6 Å². The summed E-state index contributed by atoms with van der Waals surface area (Å²) in [5, 5.41) is 3.70. The van der Waals surface area contributed by atoms with E-state index in [0.29, 0.717) is 0 Å². The highest BCUT2D eigenvalue weighted by Gasteiger charge is 2.25. The van der Waals surface area contributed by atoms with Gasteiger partial charge in [-0.2, -0.15) is 0 Å². The maximum Gasteiger partial charge on any atom is 0.200 e. The number of piperidine rings is 1. The maximum atomic E-state index is 5.65. The number of hydrogen-bond donors (Lipinski definition) is 0. The third-order valence-corrected chi connectivity index (χ3v) is 5.64. The van der Waals surface area contributed by atoms with Gasteiger partial charge in [0.25, 0.3) is 0 Å². The first kappa shape index (κ1) is 20.4. The molecule has 6 nitrogen and oxygen atoms in total. The number of rotatable bonds is 7. The van der Waals surface area contributed by atoms with Gasteiger partial charge in [-0.3, -0.25) is 4.90 Å². The molecule has 1 saturated heterocycles. The number of likely N-dealkylation sites (tertiary alicyclic amines) is 1. The molecule has 1 aromatic rings. The Morgan fingerprint density at radius 1 is 1.23 bits per heavy atom. The molecular formula is C24H30N4O2. The fraction of sp³-hybridized carbons (Fsp3) is 0.417. The summed E-state index contributed by atoms with van der Waals surface area (Å²) >= 11 is 0. The second kappa shape index (κ2) is 9.30. The number of aromatic nitrogens is 2. The van der Waals surface area contributed by atoms with Crippen LogP contribution in [0.3, 0.4) is 0 Å². The molecule has 4 rings (SSSR count). The van der Waals surface area contributed by atoms with Crippen molar-refractivity contribution >= 4 is 12.4 Å². The molecular weight excluding hydrogens is 376 g/mol. The van der Waals surface area contributed by atoms with E-state index in [0.717, 1.165) is 49.5 Å². The maximum absolute atomic E-state index is 5.65. The predicted octanol–water partition coefficient (Wildman–Crippen LogP) is 4.59. The predicted molar refractivity (Wildman–Crippen MR) is 120 cm³/mol. The van der Waals surface area contributed by atoms with Crippen LogP contribution in [0.5, 0.6) is 0 Å². The Morgan fingerprint density at radius 3 is 2.80 bits per heavy atom. The van der Waals surface area contributed by atoms with Crippen molar-refractivity contribution in [3.05, 3.63) is 71.1 Å². The summed E-state index contributed by atoms with van der Waals surface area (Å²) in [6, 6.07) is 0. The Balaban J connectivity index is 1.52. The molecule has 3 aliphatic rings. The van der Waals surface area contributed by atoms with Crippen molar-refractivity contribution < 1.29 is 9.57 Å². The molecule has 0 spiro atoms. The topological polar surface area (TPSA) is 51.9 Å². The highest BCUT2D eigenvalue weighted by molar-refractivity contribution is 5.65. The van der Waals surface area contributed by atoms with Crippen LogP contribution in [0, 0.1) is 6.92 Å². The number of ether oxygens (including phenoxy) is 1. The summed E-state index contributed by atoms with van der Waals surface area (Å²) in [6.45, 7) is 7.40. The zero-order chi connectivity index (χ0) is 20.9. The first-order chi connectivity index (χ1) is 14.7. The zero-order valence-corrected chi connectivity index (χ0v) is 17.9. The van der Waals surface area contributed by atoms with Crippen LogP contribution in [0.4, 0.5) is 0 Å². The Bertz CT molecular complexity index is 942. The van der Waals surface area contributed by atoms with Crippen LogP contribution in [0.15, 0.2) is 70.5 Å². The van der Waals surface area contributed by atoms with E-state index in [-0.39, 0.29) is 6.23 Å². The zero-order valence-electron chi connectivity index (χ0n) is 17.9. The molecule has 1 atom stereocenters. The lowest BCUT2D eigenvalue weighted by Crippen LogP contribution is -2.40. The van der Waals surface area contributed by atoms with Gasteiger partial charge in [0.2, 0.25) is 6.23 Å². The largest absolute Gasteiger partial charge is 0.495 e. The van der Waals surface area contributed by atoms with Gasteiger partial charge in [-0.15, -0.1) is 5.16 Å². The van der Waals surface area contributed by atoms with Gasteiger partial charge >= 0.3 is 0 Å². The van der Waals surface area contributed by atoms with Gasteiger partial charge in [0.15, 0.2) is 0 Å². The van der Waals surface area contributed by atoms with E-state index in [9.17, 15) is 0 Å². The molecule has 2 aliphatic carbocycles. The molecule has 1 aliphatic heterocycles. The van der Waals surface area contributed by atoms with Crippen LogP contribution in [0.1, 0.15) is 37.8 Å². The van der Waals surface area contributed by atoms with Crippen molar-refractivity contribution in [3.8, 4) is 0 Å². The number of nitrogens with zero attached hydrogens (tertiary/aromatic N) is 4. The monoisotopic (exact) mass is 406 g/mol. The number of methoxy groups -OCH3 is 1. The number of aryl methyl sites for hydroxylation is 1. The smallest absolute Gasteiger partial charge is 0.200 e. The van der Waals surface area contributed by atoms with Crippen molar-refractivity contribution in [2.24, 2.45) is 5.16 Å². The van der Waals surface area contributed by atoms with Gasteiger partial charge in [-0.25, -0.2) is 4.98 Å². The summed E-state index contributed by atoms with van der Waals surface area (Å²) in [5.74, 6) is 0.865. The van der Waals surface area contributed by atoms with E-state index >= 15 is 0 Å². The molecule has 0 radical (unpaired) electrons. The fourth-order valence-electron chi connectivity index (χ4n) is 3.96. The Morgan fingerprint density at radius 2 is 2.10 bits per heavy atom. The molecule has 0 aromatic carbocycles. The summed E-state index contributed by atoms with van der Waals surface area (Å²) in [4.78, 5) is 12.2. The first-order valence-corrected chi connectivity index (χ1v) is 10.6. The van der Waals surface area contributed by atoms with E-state index in [1.54, 1.807) is 7.11 Å². The van der Waals surface area contributed by atoms with E-state index < -0.39 is 0 Å². The quantitative estimate of drug-likeness (QED) is 0.377. The SMILES string of the molecule is C=NO[C@@H](C=C1CC1)N1CCC/C(=C\C2=CC=C(n3cnc(C)c3)C(OC)=CC2)C1. The van der Waals surface area contributed by atoms with Crippen molar-refractivity contribution in [1.82, 2.24) is 14.5 Å². The Labute approximate surface area is 178 Å². The van der Waals surface area contributed by atoms with Crippen LogP contribution in [0.25, 0.3) is 5.70 Å². The lowest BCUT2D eigenvalue weighted by molar-refractivity contribution is -0.0252. The summed E-state index contributed by atoms with van der Waals surface area (Å²) in [6.07, 6.45) is 20.1. The molecule has 6 heteroatoms. The third-order valence-electron chi connectivity index (χ3n) is 5.64. The van der Waals surface area contributed by atoms with E-state index in [1.165, 1.54) is 29.6 Å². The Kier molecular flexibility index (Phi) is 6.33. The van der Waals surface area contributed by atoms with E-state index in [4.69, 9.17) is 9.57 Å². The van der Waals surface area contributed by atoms with Crippen molar-refractivity contribution in [2.45, 2.75) is 45.3 Å². The number of hydrogen-bond acceptors (Lipinski definition) is 5. The van der Waals surface area contributed by atoms with Gasteiger partial charge in [-0.1, -0.05) is 23.3 Å². The van der Waals surface area contributed by atoms with Gasteiger partial charge < -0.3 is 14.1 Å². The molecule has 1 saturated carbocycles. The van der Waals surface area contributed by atoms with Crippen molar-refractivity contribution in [3.63, 3.8) is 0 Å². The Hall–Kier alpha value is -2.86. The standard InChI is InChI=1S/C24H30N4O2/c1-18-15-28(17-26-18)22-10-8-19(9-11-23(22)29-3)13-21-5-4-12-27(16-21)24(30-25-2)14-20-6-7-20/h8,10-11,13-15,17,24H,2,4-7,9,12,16H2,1,3H3/b21-13+/t24-/m0/s1. The van der Waals surface area contributed by atoms with Crippen LogP contribution in [-0.2, 0) is 9.57 Å². The molecule has 2 fully saturated rings. The lowest BCUT2D eigenvalue weighted by Gasteiger charge is -2.32. The van der Waals surface area contributed by atoms with Gasteiger partial charge in [0.05, 0.1) is 24.8 Å². The molecule has 2 heterocycles. The second-order valence-corrected chi connectivity index (χ2v) is 8.02. The minimum Gasteiger partial charge on any atom is -0.495 e. The summed E-state index contributed by atoms with van der Waals surface area (Å²) < 4.78 is 7.66. The normalized spacial score (nSPS) is 21.9. The molecule has 0 bridgehead atoms. The fourth-order valence-corrected chi connectivity index (χ4v) is 3.96. The lowest BCUT2D eigenvalue weighted by atomic mass is 10.00. The molecule has 158 valence electrons. The molecule has 0 N–H and O–H groups in total. The van der Waals surface area contributed by atoms with Crippen LogP contribution < -0.4 is 0 Å². The van der Waals surface area contributed by atoms with E-state index in [2.05, 4.69) is 52.1 Å². The van der Waals surface area contributed by atoms with Crippen molar-refractivity contribution in [1.29, 1.82) is 0 Å². The van der Waals surface area contributed by atoms with Crippen molar-refractivity contribution in [2.75, 3.05) is 20.2 Å². The molecule has 0 unspecified atom stereocenters. The highest BCUT2D eigenvalue weighted by atomic mass is 16.6. The summed E-state index contributed by atoms with van der Waals surface area (Å²) in [5.41, 5.74) is 6.13. The highest BCUT2D eigenvalue weighted by Crippen LogP contribution is 2.31. The second-order valence-electron chi connectivity index (χ2n) is 8.02. The molecule has 0 amide bonds. The third kappa shape index (κ3) is 5.00. The van der Waals surface area contributed by atoms with E-state index in [1.807, 2.05) is 24.0 Å². The average Bonchev–Trinajstić information content (AvgIpc) is 3.51. The average molecular weight is 407 g/mol. The number of oxime groups is 1. The van der Waals surface area contributed by atoms with Crippen LogP contribution in [0.2, 0.25) is 0 Å². The van der Waals surface area contributed by atoms with Gasteiger partial charge in [0.1, 0.15) is 5.76 Å². The molecule has 1 aromatic heterocycles. The minimum absolute atomic E-state index is 0.109. The summed E-state index contributed by atoms with van der Waals surface area (Å²) in [7, 11) is 1.72. The molecule has 30 heavy (non-hydrogen) atoms. The van der Waals surface area contributed by atoms with Gasteiger partial charge in [-0.05, 0) is 62.8 Å². The van der Waals surface area contributed by atoms with Gasteiger partial charge in [0, 0.05) is 26.0 Å². The first-order valence-electron chi connectivity index (χ1n) is 10.6. The van der Waals surface area contributed by atoms with Crippen LogP contribution >= 0.6 is 0 Å².